The van der Waals surface area contributed by atoms with Crippen molar-refractivity contribution in [3.8, 4) is 22.3 Å². The molecule has 0 heteroatoms. The molecule has 0 unspecified atom stereocenters. The first-order valence-corrected chi connectivity index (χ1v) is 11.2. The van der Waals surface area contributed by atoms with Crippen LogP contribution in [0.3, 0.4) is 0 Å². The molecule has 4 aromatic rings. The van der Waals surface area contributed by atoms with Gasteiger partial charge in [0, 0.05) is 0 Å². The van der Waals surface area contributed by atoms with Crippen LogP contribution in [0.4, 0.5) is 0 Å². The molecule has 0 saturated carbocycles. The Morgan fingerprint density at radius 3 is 1.90 bits per heavy atom. The minimum absolute atomic E-state index is 1.11. The molecule has 2 aliphatic rings. The van der Waals surface area contributed by atoms with Crippen LogP contribution in [0.2, 0.25) is 0 Å². The molecule has 0 nitrogen and oxygen atoms in total. The van der Waals surface area contributed by atoms with Crippen LogP contribution in [0.25, 0.3) is 22.3 Å². The minimum Gasteiger partial charge on any atom is -0.0619 e. The van der Waals surface area contributed by atoms with Crippen LogP contribution in [-0.2, 0) is 25.7 Å². The van der Waals surface area contributed by atoms with E-state index in [1.807, 2.05) is 0 Å². The number of hydrogen-bond acceptors (Lipinski definition) is 0. The van der Waals surface area contributed by atoms with Crippen LogP contribution < -0.4 is 0 Å². The summed E-state index contributed by atoms with van der Waals surface area (Å²) in [5.41, 5.74) is 14.7. The summed E-state index contributed by atoms with van der Waals surface area (Å²) in [5.74, 6) is 0. The van der Waals surface area contributed by atoms with Gasteiger partial charge >= 0.3 is 0 Å². The molecule has 0 heterocycles. The second kappa shape index (κ2) is 7.95. The average molecular weight is 389 g/mol. The molecule has 148 valence electrons. The number of aryl methyl sites for hydroxylation is 2. The summed E-state index contributed by atoms with van der Waals surface area (Å²) in [5, 5.41) is 0. The maximum atomic E-state index is 2.35. The van der Waals surface area contributed by atoms with E-state index in [-0.39, 0.29) is 0 Å². The first-order valence-electron chi connectivity index (χ1n) is 11.2. The number of rotatable bonds is 2. The fourth-order valence-electron chi connectivity index (χ4n) is 4.95. The van der Waals surface area contributed by atoms with E-state index in [1.54, 1.807) is 5.56 Å². The molecule has 4 aromatic carbocycles. The van der Waals surface area contributed by atoms with Crippen LogP contribution in [0.15, 0.2) is 84.9 Å². The van der Waals surface area contributed by atoms with E-state index in [1.165, 1.54) is 50.1 Å². The molecule has 0 amide bonds. The van der Waals surface area contributed by atoms with Crippen molar-refractivity contribution < 1.29 is 0 Å². The highest BCUT2D eigenvalue weighted by Crippen LogP contribution is 2.38. The number of fused-ring (bicyclic) bond motifs is 6. The Morgan fingerprint density at radius 2 is 1.17 bits per heavy atom. The van der Waals surface area contributed by atoms with Crippen molar-refractivity contribution in [2.45, 2.75) is 39.5 Å². The standard InChI is InChI=1S/2C15H14/c1-2-11-7-5-9-14-13-8-4-3-6-12(13)10-15(11)14;1-2-11-7-8-13-10-12-5-3-4-6-14(12)15(13)9-11/h2*3-9H,2,10H2,1H3. The molecule has 0 radical (unpaired) electrons. The average Bonchev–Trinajstić information content (AvgIpc) is 3.37. The monoisotopic (exact) mass is 388 g/mol. The van der Waals surface area contributed by atoms with Gasteiger partial charge in [-0.05, 0) is 81.3 Å². The van der Waals surface area contributed by atoms with Crippen molar-refractivity contribution in [1.29, 1.82) is 0 Å². The highest BCUT2D eigenvalue weighted by atomic mass is 14.2. The molecule has 0 saturated heterocycles. The Balaban J connectivity index is 0.000000128. The molecule has 0 aromatic heterocycles. The normalized spacial score (nSPS) is 12.3. The Bertz CT molecular complexity index is 1200. The van der Waals surface area contributed by atoms with Crippen LogP contribution in [0.5, 0.6) is 0 Å². The lowest BCUT2D eigenvalue weighted by molar-refractivity contribution is 1.08. The van der Waals surface area contributed by atoms with Crippen molar-refractivity contribution in [3.05, 3.63) is 118 Å². The number of hydrogen-bond donors (Lipinski definition) is 0. The zero-order valence-corrected chi connectivity index (χ0v) is 17.9. The fraction of sp³-hybridized carbons (Fsp3) is 0.200. The number of benzene rings is 4. The maximum Gasteiger partial charge on any atom is -0.00107 e. The van der Waals surface area contributed by atoms with Gasteiger partial charge < -0.3 is 0 Å². The molecule has 0 atom stereocenters. The van der Waals surface area contributed by atoms with Gasteiger partial charge in [-0.2, -0.15) is 0 Å². The second-order valence-corrected chi connectivity index (χ2v) is 8.31. The summed E-state index contributed by atoms with van der Waals surface area (Å²) in [6.45, 7) is 4.45. The quantitative estimate of drug-likeness (QED) is 0.286. The van der Waals surface area contributed by atoms with Gasteiger partial charge in [0.05, 0.1) is 0 Å². The molecule has 0 fully saturated rings. The third-order valence-corrected chi connectivity index (χ3v) is 6.60. The summed E-state index contributed by atoms with van der Waals surface area (Å²) in [6.07, 6.45) is 4.48. The van der Waals surface area contributed by atoms with Gasteiger partial charge in [0.2, 0.25) is 0 Å². The van der Waals surface area contributed by atoms with Gasteiger partial charge in [0.15, 0.2) is 0 Å². The highest BCUT2D eigenvalue weighted by molar-refractivity contribution is 5.78. The molecule has 30 heavy (non-hydrogen) atoms. The van der Waals surface area contributed by atoms with Gasteiger partial charge in [0.1, 0.15) is 0 Å². The lowest BCUT2D eigenvalue weighted by Crippen LogP contribution is -1.89. The lowest BCUT2D eigenvalue weighted by atomic mass is 10.00. The fourth-order valence-corrected chi connectivity index (χ4v) is 4.95. The summed E-state index contributed by atoms with van der Waals surface area (Å²) in [4.78, 5) is 0. The Labute approximate surface area is 180 Å². The SMILES string of the molecule is CCc1ccc2c(c1)-c1ccccc1C2.CCc1cccc2c1Cc1ccccc1-2. The van der Waals surface area contributed by atoms with E-state index in [2.05, 4.69) is 98.8 Å². The molecular formula is C30H28. The molecule has 2 aliphatic carbocycles. The molecule has 0 bridgehead atoms. The molecule has 0 N–H and O–H groups in total. The third kappa shape index (κ3) is 3.27. The summed E-state index contributed by atoms with van der Waals surface area (Å²) >= 11 is 0. The zero-order chi connectivity index (χ0) is 20.5. The van der Waals surface area contributed by atoms with E-state index < -0.39 is 0 Å². The predicted octanol–water partition coefficient (Wildman–Crippen LogP) is 7.64. The summed E-state index contributed by atoms with van der Waals surface area (Å²) < 4.78 is 0. The predicted molar refractivity (Wildman–Crippen MR) is 128 cm³/mol. The largest absolute Gasteiger partial charge is 0.0619 e. The van der Waals surface area contributed by atoms with Gasteiger partial charge in [-0.1, -0.05) is 98.8 Å². The minimum atomic E-state index is 1.11. The Morgan fingerprint density at radius 1 is 0.533 bits per heavy atom. The van der Waals surface area contributed by atoms with E-state index in [9.17, 15) is 0 Å². The van der Waals surface area contributed by atoms with Crippen molar-refractivity contribution >= 4 is 0 Å². The van der Waals surface area contributed by atoms with Crippen LogP contribution in [-0.4, -0.2) is 0 Å². The topological polar surface area (TPSA) is 0 Å². The Hall–Kier alpha value is -3.12. The smallest absolute Gasteiger partial charge is 0.00107 e. The van der Waals surface area contributed by atoms with Crippen molar-refractivity contribution in [2.75, 3.05) is 0 Å². The summed E-state index contributed by atoms with van der Waals surface area (Å²) in [7, 11) is 0. The highest BCUT2D eigenvalue weighted by Gasteiger charge is 2.19. The van der Waals surface area contributed by atoms with Gasteiger partial charge in [-0.3, -0.25) is 0 Å². The van der Waals surface area contributed by atoms with Crippen LogP contribution in [0.1, 0.15) is 47.2 Å². The molecule has 6 rings (SSSR count). The summed E-state index contributed by atoms with van der Waals surface area (Å²) in [6, 6.07) is 31.1. The van der Waals surface area contributed by atoms with E-state index in [0.29, 0.717) is 0 Å². The first kappa shape index (κ1) is 18.9. The van der Waals surface area contributed by atoms with Crippen LogP contribution in [0, 0.1) is 0 Å². The van der Waals surface area contributed by atoms with E-state index in [4.69, 9.17) is 0 Å². The maximum absolute atomic E-state index is 2.35. The Kier molecular flexibility index (Phi) is 5.01. The molecular weight excluding hydrogens is 360 g/mol. The first-order chi connectivity index (χ1) is 14.8. The lowest BCUT2D eigenvalue weighted by Gasteiger charge is -2.05. The van der Waals surface area contributed by atoms with Crippen molar-refractivity contribution in [2.24, 2.45) is 0 Å². The van der Waals surface area contributed by atoms with E-state index in [0.717, 1.165) is 25.7 Å². The van der Waals surface area contributed by atoms with Gasteiger partial charge in [0.25, 0.3) is 0 Å². The second-order valence-electron chi connectivity index (χ2n) is 8.31. The van der Waals surface area contributed by atoms with Crippen LogP contribution >= 0.6 is 0 Å². The van der Waals surface area contributed by atoms with Crippen molar-refractivity contribution in [3.63, 3.8) is 0 Å². The molecule has 0 spiro atoms. The molecule has 0 aliphatic heterocycles. The zero-order valence-electron chi connectivity index (χ0n) is 17.9. The third-order valence-electron chi connectivity index (χ3n) is 6.60. The van der Waals surface area contributed by atoms with Gasteiger partial charge in [-0.25, -0.2) is 0 Å². The van der Waals surface area contributed by atoms with E-state index >= 15 is 0 Å². The van der Waals surface area contributed by atoms with Crippen molar-refractivity contribution in [1.82, 2.24) is 0 Å². The van der Waals surface area contributed by atoms with Gasteiger partial charge in [-0.15, -0.1) is 0 Å².